The Bertz CT molecular complexity index is 452. The van der Waals surface area contributed by atoms with Crippen LogP contribution in [0.15, 0.2) is 36.9 Å². The van der Waals surface area contributed by atoms with Crippen LogP contribution in [-0.2, 0) is 16.4 Å². The highest BCUT2D eigenvalue weighted by atomic mass is 32.2. The van der Waals surface area contributed by atoms with Crippen LogP contribution in [0.25, 0.3) is 0 Å². The zero-order valence-corrected chi connectivity index (χ0v) is 10.5. The van der Waals surface area contributed by atoms with Gasteiger partial charge in [-0.25, -0.2) is 13.1 Å². The number of anilines is 1. The maximum Gasteiger partial charge on any atom is 0.211 e. The Morgan fingerprint density at radius 3 is 2.53 bits per heavy atom. The molecule has 0 atom stereocenters. The Hall–Kier alpha value is -1.33. The Morgan fingerprint density at radius 1 is 1.29 bits per heavy atom. The summed E-state index contributed by atoms with van der Waals surface area (Å²) >= 11 is 0. The second kappa shape index (κ2) is 6.42. The normalized spacial score (nSPS) is 11.3. The number of nitrogens with two attached hydrogens (primary N) is 1. The average molecular weight is 254 g/mol. The largest absolute Gasteiger partial charge is 0.399 e. The molecule has 0 aliphatic heterocycles. The summed E-state index contributed by atoms with van der Waals surface area (Å²) in [4.78, 5) is 0. The van der Waals surface area contributed by atoms with Crippen LogP contribution >= 0.6 is 0 Å². The molecule has 1 aromatic carbocycles. The molecule has 0 spiro atoms. The number of hydrogen-bond acceptors (Lipinski definition) is 3. The van der Waals surface area contributed by atoms with Gasteiger partial charge in [-0.2, -0.15) is 0 Å². The van der Waals surface area contributed by atoms with Gasteiger partial charge in [0.25, 0.3) is 0 Å². The minimum atomic E-state index is -3.17. The average Bonchev–Trinajstić information content (AvgIpc) is 2.29. The van der Waals surface area contributed by atoms with Gasteiger partial charge in [0.05, 0.1) is 5.75 Å². The molecule has 0 saturated heterocycles. The lowest BCUT2D eigenvalue weighted by molar-refractivity contribution is 0.581. The summed E-state index contributed by atoms with van der Waals surface area (Å²) in [5.41, 5.74) is 7.33. The molecule has 0 aliphatic rings. The third-order valence-corrected chi connectivity index (χ3v) is 3.72. The number of benzene rings is 1. The first kappa shape index (κ1) is 13.7. The summed E-state index contributed by atoms with van der Waals surface area (Å²) < 4.78 is 25.5. The number of nitrogens with one attached hydrogen (secondary N) is 1. The van der Waals surface area contributed by atoms with Crippen molar-refractivity contribution >= 4 is 15.7 Å². The minimum absolute atomic E-state index is 0.0955. The van der Waals surface area contributed by atoms with Crippen LogP contribution in [0.4, 0.5) is 5.69 Å². The van der Waals surface area contributed by atoms with Gasteiger partial charge in [-0.05, 0) is 30.5 Å². The fourth-order valence-corrected chi connectivity index (χ4v) is 2.38. The van der Waals surface area contributed by atoms with Crippen molar-refractivity contribution in [2.75, 3.05) is 18.0 Å². The summed E-state index contributed by atoms with van der Waals surface area (Å²) in [7, 11) is -3.17. The van der Waals surface area contributed by atoms with E-state index >= 15 is 0 Å². The molecule has 94 valence electrons. The number of hydrogen-bond donors (Lipinski definition) is 2. The van der Waals surface area contributed by atoms with E-state index in [1.165, 1.54) is 0 Å². The molecule has 5 heteroatoms. The van der Waals surface area contributed by atoms with E-state index in [1.54, 1.807) is 6.08 Å². The Balaban J connectivity index is 2.37. The molecule has 0 amide bonds. The second-order valence-corrected chi connectivity index (χ2v) is 5.71. The van der Waals surface area contributed by atoms with E-state index in [0.29, 0.717) is 25.1 Å². The lowest BCUT2D eigenvalue weighted by Gasteiger charge is -2.05. The smallest absolute Gasteiger partial charge is 0.211 e. The fourth-order valence-electron chi connectivity index (χ4n) is 1.35. The van der Waals surface area contributed by atoms with Crippen LogP contribution in [0, 0.1) is 0 Å². The maximum absolute atomic E-state index is 11.5. The first-order valence-corrected chi connectivity index (χ1v) is 7.11. The molecule has 0 radical (unpaired) electrons. The van der Waals surface area contributed by atoms with Gasteiger partial charge < -0.3 is 5.73 Å². The topological polar surface area (TPSA) is 72.2 Å². The van der Waals surface area contributed by atoms with Crippen molar-refractivity contribution in [1.82, 2.24) is 4.72 Å². The van der Waals surface area contributed by atoms with Gasteiger partial charge in [0.15, 0.2) is 0 Å². The summed E-state index contributed by atoms with van der Waals surface area (Å²) in [6.07, 6.45) is 2.73. The van der Waals surface area contributed by atoms with Crippen LogP contribution in [0.2, 0.25) is 0 Å². The Kier molecular flexibility index (Phi) is 5.18. The lowest BCUT2D eigenvalue weighted by Crippen LogP contribution is -2.28. The molecule has 4 nitrogen and oxygen atoms in total. The zero-order valence-electron chi connectivity index (χ0n) is 9.72. The molecule has 3 N–H and O–H groups in total. The standard InChI is InChI=1S/C12H18N2O2S/c1-2-3-10-17(15,16)14-9-8-11-4-6-12(13)7-5-11/h2,4-7,14H,1,3,8-10,13H2. The van der Waals surface area contributed by atoms with Gasteiger partial charge in [0.1, 0.15) is 0 Å². The third-order valence-electron chi connectivity index (χ3n) is 2.31. The van der Waals surface area contributed by atoms with E-state index in [4.69, 9.17) is 5.73 Å². The van der Waals surface area contributed by atoms with Crippen LogP contribution in [0.5, 0.6) is 0 Å². The van der Waals surface area contributed by atoms with E-state index in [9.17, 15) is 8.42 Å². The van der Waals surface area contributed by atoms with Crippen molar-refractivity contribution in [3.8, 4) is 0 Å². The molecule has 0 aromatic heterocycles. The van der Waals surface area contributed by atoms with Crippen molar-refractivity contribution in [1.29, 1.82) is 0 Å². The van der Waals surface area contributed by atoms with Gasteiger partial charge in [-0.1, -0.05) is 18.2 Å². The minimum Gasteiger partial charge on any atom is -0.399 e. The molecule has 1 aromatic rings. The molecule has 0 heterocycles. The summed E-state index contributed by atoms with van der Waals surface area (Å²) in [5.74, 6) is 0.0955. The van der Waals surface area contributed by atoms with E-state index in [1.807, 2.05) is 24.3 Å². The van der Waals surface area contributed by atoms with Gasteiger partial charge in [-0.15, -0.1) is 6.58 Å². The predicted molar refractivity (Wildman–Crippen MR) is 71.2 cm³/mol. The van der Waals surface area contributed by atoms with E-state index in [-0.39, 0.29) is 5.75 Å². The number of allylic oxidation sites excluding steroid dienone is 1. The highest BCUT2D eigenvalue weighted by molar-refractivity contribution is 7.89. The highest BCUT2D eigenvalue weighted by Gasteiger charge is 2.07. The van der Waals surface area contributed by atoms with Crippen molar-refractivity contribution in [3.05, 3.63) is 42.5 Å². The first-order valence-electron chi connectivity index (χ1n) is 5.46. The quantitative estimate of drug-likeness (QED) is 0.569. The summed E-state index contributed by atoms with van der Waals surface area (Å²) in [6, 6.07) is 7.41. The van der Waals surface area contributed by atoms with Crippen LogP contribution in [-0.4, -0.2) is 20.7 Å². The molecular formula is C12H18N2O2S. The van der Waals surface area contributed by atoms with E-state index in [2.05, 4.69) is 11.3 Å². The molecule has 0 unspecified atom stereocenters. The number of nitrogen functional groups attached to an aromatic ring is 1. The molecule has 0 bridgehead atoms. The predicted octanol–water partition coefficient (Wildman–Crippen LogP) is 1.31. The summed E-state index contributed by atoms with van der Waals surface area (Å²) in [6.45, 7) is 3.90. The van der Waals surface area contributed by atoms with Crippen molar-refractivity contribution in [2.45, 2.75) is 12.8 Å². The maximum atomic E-state index is 11.5. The van der Waals surface area contributed by atoms with Crippen LogP contribution in [0.1, 0.15) is 12.0 Å². The molecule has 0 aliphatic carbocycles. The van der Waals surface area contributed by atoms with Gasteiger partial charge >= 0.3 is 0 Å². The molecule has 17 heavy (non-hydrogen) atoms. The van der Waals surface area contributed by atoms with Gasteiger partial charge in [-0.3, -0.25) is 0 Å². The van der Waals surface area contributed by atoms with E-state index < -0.39 is 10.0 Å². The summed E-state index contributed by atoms with van der Waals surface area (Å²) in [5, 5.41) is 0. The first-order chi connectivity index (χ1) is 8.03. The molecule has 0 fully saturated rings. The number of sulfonamides is 1. The number of rotatable bonds is 7. The molecular weight excluding hydrogens is 236 g/mol. The van der Waals surface area contributed by atoms with Crippen molar-refractivity contribution in [3.63, 3.8) is 0 Å². The van der Waals surface area contributed by atoms with Gasteiger partial charge in [0.2, 0.25) is 10.0 Å². The molecule has 1 rings (SSSR count). The Labute approximate surface area is 103 Å². The van der Waals surface area contributed by atoms with Crippen molar-refractivity contribution in [2.24, 2.45) is 0 Å². The van der Waals surface area contributed by atoms with Crippen LogP contribution in [0.3, 0.4) is 0 Å². The fraction of sp³-hybridized carbons (Fsp3) is 0.333. The van der Waals surface area contributed by atoms with Gasteiger partial charge in [0, 0.05) is 12.2 Å². The third kappa shape index (κ3) is 5.51. The molecule has 0 saturated carbocycles. The zero-order chi connectivity index (χ0) is 12.7. The van der Waals surface area contributed by atoms with Crippen molar-refractivity contribution < 1.29 is 8.42 Å². The lowest BCUT2D eigenvalue weighted by atomic mass is 10.1. The van der Waals surface area contributed by atoms with E-state index in [0.717, 1.165) is 5.56 Å². The Morgan fingerprint density at radius 2 is 1.94 bits per heavy atom. The van der Waals surface area contributed by atoms with Crippen LogP contribution < -0.4 is 10.5 Å². The SMILES string of the molecule is C=CCCS(=O)(=O)NCCc1ccc(N)cc1. The highest BCUT2D eigenvalue weighted by Crippen LogP contribution is 2.05. The monoisotopic (exact) mass is 254 g/mol. The second-order valence-electron chi connectivity index (χ2n) is 3.78.